The first-order valence-electron chi connectivity index (χ1n) is 7.63. The van der Waals surface area contributed by atoms with E-state index in [-0.39, 0.29) is 18.3 Å². The Hall–Kier alpha value is -1.37. The molecule has 0 aliphatic carbocycles. The molecule has 0 spiro atoms. The van der Waals surface area contributed by atoms with E-state index in [1.165, 1.54) is 10.4 Å². The molecule has 3 rings (SSSR count). The van der Waals surface area contributed by atoms with Crippen LogP contribution < -0.4 is 5.32 Å². The van der Waals surface area contributed by atoms with Crippen molar-refractivity contribution >= 4 is 29.7 Å². The topological polar surface area (TPSA) is 50.2 Å². The molecular formula is C16H23ClN4OS. The quantitative estimate of drug-likeness (QED) is 0.917. The van der Waals surface area contributed by atoms with Crippen LogP contribution in [0.25, 0.3) is 0 Å². The Morgan fingerprint density at radius 2 is 2.22 bits per heavy atom. The average molecular weight is 355 g/mol. The molecule has 0 radical (unpaired) electrons. The fraction of sp³-hybridized carbons (Fsp3) is 0.500. The van der Waals surface area contributed by atoms with Crippen LogP contribution in [0.3, 0.4) is 0 Å². The number of carbonyl (C=O) groups is 1. The lowest BCUT2D eigenvalue weighted by Gasteiger charge is -2.39. The van der Waals surface area contributed by atoms with E-state index in [4.69, 9.17) is 0 Å². The van der Waals surface area contributed by atoms with Gasteiger partial charge in [0.25, 0.3) is 5.91 Å². The zero-order valence-corrected chi connectivity index (χ0v) is 15.1. The van der Waals surface area contributed by atoms with Gasteiger partial charge in [-0.05, 0) is 55.9 Å². The molecule has 1 aliphatic heterocycles. The Balaban J connectivity index is 0.00000192. The zero-order chi connectivity index (χ0) is 15.6. The van der Waals surface area contributed by atoms with Crippen molar-refractivity contribution in [1.82, 2.24) is 20.0 Å². The first-order chi connectivity index (χ1) is 10.6. The van der Waals surface area contributed by atoms with E-state index in [1.54, 1.807) is 17.5 Å². The Morgan fingerprint density at radius 1 is 1.48 bits per heavy atom. The smallest absolute Gasteiger partial charge is 0.250 e. The van der Waals surface area contributed by atoms with Crippen LogP contribution in [-0.4, -0.2) is 40.7 Å². The molecule has 2 aromatic rings. The maximum absolute atomic E-state index is 13.2. The van der Waals surface area contributed by atoms with Gasteiger partial charge in [0.2, 0.25) is 0 Å². The van der Waals surface area contributed by atoms with E-state index in [9.17, 15) is 4.79 Å². The molecule has 1 aliphatic rings. The van der Waals surface area contributed by atoms with E-state index in [1.807, 2.05) is 28.9 Å². The van der Waals surface area contributed by atoms with Crippen molar-refractivity contribution in [3.05, 3.63) is 40.3 Å². The van der Waals surface area contributed by atoms with Gasteiger partial charge in [0.05, 0.1) is 6.54 Å². The number of nitrogens with one attached hydrogen (secondary N) is 1. The highest BCUT2D eigenvalue weighted by molar-refractivity contribution is 7.10. The zero-order valence-electron chi connectivity index (χ0n) is 13.5. The molecule has 0 saturated carbocycles. The Bertz CT molecular complexity index is 634. The van der Waals surface area contributed by atoms with Crippen molar-refractivity contribution in [3.63, 3.8) is 0 Å². The number of rotatable bonds is 4. The molecule has 1 saturated heterocycles. The molecule has 0 atom stereocenters. The second-order valence-electron chi connectivity index (χ2n) is 5.92. The summed E-state index contributed by atoms with van der Waals surface area (Å²) in [5.74, 6) is 0.158. The number of aromatic nitrogens is 2. The molecule has 1 fully saturated rings. The number of amides is 1. The monoisotopic (exact) mass is 354 g/mol. The van der Waals surface area contributed by atoms with Crippen molar-refractivity contribution in [1.29, 1.82) is 0 Å². The molecule has 0 aromatic carbocycles. The molecular weight excluding hydrogens is 332 g/mol. The van der Waals surface area contributed by atoms with E-state index >= 15 is 0 Å². The van der Waals surface area contributed by atoms with E-state index in [0.717, 1.165) is 25.9 Å². The van der Waals surface area contributed by atoms with Crippen LogP contribution in [-0.2, 0) is 16.9 Å². The molecule has 5 nitrogen and oxygen atoms in total. The van der Waals surface area contributed by atoms with Crippen LogP contribution >= 0.6 is 23.7 Å². The second kappa shape index (κ2) is 7.47. The lowest BCUT2D eigenvalue weighted by molar-refractivity contribution is -0.142. The van der Waals surface area contributed by atoms with Crippen molar-refractivity contribution < 1.29 is 4.79 Å². The number of hydrogen-bond acceptors (Lipinski definition) is 4. The van der Waals surface area contributed by atoms with Crippen molar-refractivity contribution in [2.45, 2.75) is 31.8 Å². The third kappa shape index (κ3) is 3.44. The van der Waals surface area contributed by atoms with Gasteiger partial charge in [-0.25, -0.2) is 0 Å². The summed E-state index contributed by atoms with van der Waals surface area (Å²) in [4.78, 5) is 16.3. The fourth-order valence-electron chi connectivity index (χ4n) is 3.11. The highest BCUT2D eigenvalue weighted by Crippen LogP contribution is 2.30. The molecule has 7 heteroatoms. The van der Waals surface area contributed by atoms with Crippen molar-refractivity contribution in [3.8, 4) is 0 Å². The van der Waals surface area contributed by atoms with Crippen LogP contribution in [0.15, 0.2) is 29.9 Å². The maximum Gasteiger partial charge on any atom is 0.250 e. The SMILES string of the molecule is Cc1ccsc1CN(C)C(=O)C1(n2cccn2)CCNCC1.Cl. The highest BCUT2D eigenvalue weighted by Gasteiger charge is 2.43. The average Bonchev–Trinajstić information content (AvgIpc) is 3.20. The summed E-state index contributed by atoms with van der Waals surface area (Å²) < 4.78 is 1.86. The minimum absolute atomic E-state index is 0. The second-order valence-corrected chi connectivity index (χ2v) is 6.92. The molecule has 1 amide bonds. The van der Waals surface area contributed by atoms with Gasteiger partial charge in [0.1, 0.15) is 5.54 Å². The summed E-state index contributed by atoms with van der Waals surface area (Å²) in [6.07, 6.45) is 5.22. The molecule has 0 unspecified atom stereocenters. The maximum atomic E-state index is 13.2. The minimum atomic E-state index is -0.547. The van der Waals surface area contributed by atoms with Crippen LogP contribution in [0.2, 0.25) is 0 Å². The van der Waals surface area contributed by atoms with E-state index in [0.29, 0.717) is 6.54 Å². The molecule has 1 N–H and O–H groups in total. The van der Waals surface area contributed by atoms with Gasteiger partial charge in [-0.3, -0.25) is 9.48 Å². The number of aryl methyl sites for hydroxylation is 1. The predicted molar refractivity (Wildman–Crippen MR) is 95.1 cm³/mol. The van der Waals surface area contributed by atoms with Crippen molar-refractivity contribution in [2.75, 3.05) is 20.1 Å². The summed E-state index contributed by atoms with van der Waals surface area (Å²) in [5, 5.41) is 9.79. The number of hydrogen-bond donors (Lipinski definition) is 1. The number of nitrogens with zero attached hydrogens (tertiary/aromatic N) is 3. The lowest BCUT2D eigenvalue weighted by atomic mass is 9.87. The first kappa shape index (κ1) is 18.0. The lowest BCUT2D eigenvalue weighted by Crippen LogP contribution is -2.54. The summed E-state index contributed by atoms with van der Waals surface area (Å²) in [5.41, 5.74) is 0.706. The first-order valence-corrected chi connectivity index (χ1v) is 8.51. The van der Waals surface area contributed by atoms with E-state index in [2.05, 4.69) is 28.8 Å². The van der Waals surface area contributed by atoms with Gasteiger partial charge in [-0.2, -0.15) is 5.10 Å². The van der Waals surface area contributed by atoms with Gasteiger partial charge >= 0.3 is 0 Å². The molecule has 3 heterocycles. The third-order valence-corrected chi connectivity index (χ3v) is 5.48. The van der Waals surface area contributed by atoms with E-state index < -0.39 is 5.54 Å². The Labute approximate surface area is 147 Å². The van der Waals surface area contributed by atoms with Gasteiger partial charge in [-0.15, -0.1) is 23.7 Å². The normalized spacial score (nSPS) is 16.6. The number of piperidine rings is 1. The minimum Gasteiger partial charge on any atom is -0.338 e. The predicted octanol–water partition coefficient (Wildman–Crippen LogP) is 2.41. The standard InChI is InChI=1S/C16H22N4OS.ClH/c1-13-4-11-22-14(13)12-19(2)15(21)16(5-8-17-9-6-16)20-10-3-7-18-20;/h3-4,7,10-11,17H,5-6,8-9,12H2,1-2H3;1H. The number of thiophene rings is 1. The summed E-state index contributed by atoms with van der Waals surface area (Å²) in [6, 6.07) is 3.99. The Kier molecular flexibility index (Phi) is 5.84. The Morgan fingerprint density at radius 3 is 2.78 bits per heavy atom. The number of halogens is 1. The molecule has 126 valence electrons. The van der Waals surface area contributed by atoms with Gasteiger partial charge in [0, 0.05) is 24.3 Å². The number of carbonyl (C=O) groups excluding carboxylic acids is 1. The summed E-state index contributed by atoms with van der Waals surface area (Å²) in [6.45, 7) is 4.45. The molecule has 23 heavy (non-hydrogen) atoms. The molecule has 0 bridgehead atoms. The van der Waals surface area contributed by atoms with Crippen molar-refractivity contribution in [2.24, 2.45) is 0 Å². The summed E-state index contributed by atoms with van der Waals surface area (Å²) in [7, 11) is 1.90. The van der Waals surface area contributed by atoms with Crippen LogP contribution in [0.5, 0.6) is 0 Å². The van der Waals surface area contributed by atoms with Crippen LogP contribution in [0.1, 0.15) is 23.3 Å². The largest absolute Gasteiger partial charge is 0.338 e. The number of likely N-dealkylation sites (N-methyl/N-ethyl adjacent to an activating group) is 1. The fourth-order valence-corrected chi connectivity index (χ4v) is 4.07. The van der Waals surface area contributed by atoms with Crippen LogP contribution in [0.4, 0.5) is 0 Å². The third-order valence-electron chi connectivity index (χ3n) is 4.47. The molecule has 2 aromatic heterocycles. The summed E-state index contributed by atoms with van der Waals surface area (Å²) >= 11 is 1.71. The van der Waals surface area contributed by atoms with Crippen LogP contribution in [0, 0.1) is 6.92 Å². The van der Waals surface area contributed by atoms with Gasteiger partial charge in [-0.1, -0.05) is 0 Å². The highest BCUT2D eigenvalue weighted by atomic mass is 35.5. The van der Waals surface area contributed by atoms with Gasteiger partial charge < -0.3 is 10.2 Å². The van der Waals surface area contributed by atoms with Gasteiger partial charge in [0.15, 0.2) is 0 Å².